The van der Waals surface area contributed by atoms with Gasteiger partial charge in [0.05, 0.1) is 0 Å². The van der Waals surface area contributed by atoms with Crippen molar-refractivity contribution in [3.8, 4) is 0 Å². The molecule has 0 aromatic carbocycles. The molecule has 0 amide bonds. The predicted molar refractivity (Wildman–Crippen MR) is 293 cm³/mol. The van der Waals surface area contributed by atoms with Crippen LogP contribution in [0.1, 0.15) is 310 Å². The van der Waals surface area contributed by atoms with E-state index in [9.17, 15) is 14.4 Å². The second-order valence-electron chi connectivity index (χ2n) is 19.9. The van der Waals surface area contributed by atoms with Crippen molar-refractivity contribution in [1.29, 1.82) is 0 Å². The number of rotatable bonds is 54. The molecule has 0 aliphatic rings. The summed E-state index contributed by atoms with van der Waals surface area (Å²) in [4.78, 5) is 38.2. The zero-order valence-corrected chi connectivity index (χ0v) is 45.4. The summed E-state index contributed by atoms with van der Waals surface area (Å²) >= 11 is 0. The van der Waals surface area contributed by atoms with E-state index in [1.807, 2.05) is 0 Å². The third-order valence-corrected chi connectivity index (χ3v) is 13.1. The Bertz CT molecular complexity index is 1190. The van der Waals surface area contributed by atoms with Crippen LogP contribution < -0.4 is 0 Å². The van der Waals surface area contributed by atoms with Crippen LogP contribution in [0, 0.1) is 0 Å². The van der Waals surface area contributed by atoms with Gasteiger partial charge in [0.2, 0.25) is 0 Å². The minimum absolute atomic E-state index is 0.0771. The average molecular weight is 954 g/mol. The Kier molecular flexibility index (Phi) is 54.8. The van der Waals surface area contributed by atoms with Gasteiger partial charge in [0.25, 0.3) is 0 Å². The first-order valence-corrected chi connectivity index (χ1v) is 29.6. The van der Waals surface area contributed by atoms with E-state index < -0.39 is 6.10 Å². The van der Waals surface area contributed by atoms with Crippen molar-refractivity contribution in [2.75, 3.05) is 13.2 Å². The van der Waals surface area contributed by atoms with Crippen LogP contribution in [0.2, 0.25) is 0 Å². The molecule has 6 heteroatoms. The first-order valence-electron chi connectivity index (χ1n) is 29.6. The highest BCUT2D eigenvalue weighted by molar-refractivity contribution is 5.71. The Hall–Kier alpha value is -2.63. The molecule has 0 fully saturated rings. The van der Waals surface area contributed by atoms with Crippen LogP contribution in [0.5, 0.6) is 0 Å². The van der Waals surface area contributed by atoms with Crippen LogP contribution in [-0.2, 0) is 28.6 Å². The molecule has 0 radical (unpaired) electrons. The molecule has 0 spiro atoms. The topological polar surface area (TPSA) is 78.9 Å². The maximum atomic E-state index is 12.8. The molecule has 0 heterocycles. The van der Waals surface area contributed by atoms with E-state index in [0.717, 1.165) is 89.9 Å². The van der Waals surface area contributed by atoms with E-state index in [1.165, 1.54) is 180 Å². The third kappa shape index (κ3) is 54.3. The molecule has 0 aliphatic heterocycles. The highest BCUT2D eigenvalue weighted by atomic mass is 16.6. The van der Waals surface area contributed by atoms with Crippen molar-refractivity contribution in [3.63, 3.8) is 0 Å². The molecule has 0 saturated heterocycles. The summed E-state index contributed by atoms with van der Waals surface area (Å²) in [7, 11) is 0. The van der Waals surface area contributed by atoms with E-state index in [1.54, 1.807) is 0 Å². The summed E-state index contributed by atoms with van der Waals surface area (Å²) in [6, 6.07) is 0. The van der Waals surface area contributed by atoms with Gasteiger partial charge in [-0.1, -0.05) is 256 Å². The predicted octanol–water partition coefficient (Wildman–Crippen LogP) is 19.8. The molecule has 6 nitrogen and oxygen atoms in total. The summed E-state index contributed by atoms with van der Waals surface area (Å²) in [5.74, 6) is -0.880. The van der Waals surface area contributed by atoms with Crippen LogP contribution in [0.15, 0.2) is 48.6 Å². The molecule has 0 saturated carbocycles. The number of esters is 3. The van der Waals surface area contributed by atoms with Gasteiger partial charge in [-0.15, -0.1) is 0 Å². The Labute approximate surface area is 422 Å². The Balaban J connectivity index is 4.34. The Morgan fingerprint density at radius 2 is 0.529 bits per heavy atom. The zero-order chi connectivity index (χ0) is 49.3. The lowest BCUT2D eigenvalue weighted by atomic mass is 10.0. The minimum Gasteiger partial charge on any atom is -0.462 e. The van der Waals surface area contributed by atoms with Gasteiger partial charge in [-0.05, 0) is 83.5 Å². The number of hydrogen-bond donors (Lipinski definition) is 0. The molecule has 1 atom stereocenters. The van der Waals surface area contributed by atoms with E-state index in [2.05, 4.69) is 69.4 Å². The smallest absolute Gasteiger partial charge is 0.306 e. The van der Waals surface area contributed by atoms with Crippen LogP contribution in [0.3, 0.4) is 0 Å². The van der Waals surface area contributed by atoms with E-state index in [4.69, 9.17) is 14.2 Å². The van der Waals surface area contributed by atoms with Crippen molar-refractivity contribution in [3.05, 3.63) is 48.6 Å². The number of unbranched alkanes of at least 4 members (excludes halogenated alkanes) is 35. The van der Waals surface area contributed by atoms with E-state index >= 15 is 0 Å². The van der Waals surface area contributed by atoms with Gasteiger partial charge < -0.3 is 14.2 Å². The number of allylic oxidation sites excluding steroid dienone is 8. The number of hydrogen-bond acceptors (Lipinski definition) is 6. The number of carbonyl (C=O) groups excluding carboxylic acids is 3. The highest BCUT2D eigenvalue weighted by Crippen LogP contribution is 2.16. The largest absolute Gasteiger partial charge is 0.462 e. The Morgan fingerprint density at radius 1 is 0.294 bits per heavy atom. The zero-order valence-electron chi connectivity index (χ0n) is 45.4. The number of ether oxygens (including phenoxy) is 3. The molecular weight excluding hydrogens is 841 g/mol. The van der Waals surface area contributed by atoms with Crippen LogP contribution in [-0.4, -0.2) is 37.2 Å². The van der Waals surface area contributed by atoms with Crippen molar-refractivity contribution in [2.24, 2.45) is 0 Å². The van der Waals surface area contributed by atoms with Crippen molar-refractivity contribution < 1.29 is 28.6 Å². The lowest BCUT2D eigenvalue weighted by Crippen LogP contribution is -2.30. The maximum Gasteiger partial charge on any atom is 0.306 e. The molecule has 0 aromatic rings. The van der Waals surface area contributed by atoms with Gasteiger partial charge in [-0.25, -0.2) is 0 Å². The van der Waals surface area contributed by atoms with Crippen LogP contribution in [0.4, 0.5) is 0 Å². The van der Waals surface area contributed by atoms with E-state index in [0.29, 0.717) is 19.3 Å². The fourth-order valence-electron chi connectivity index (χ4n) is 8.56. The molecular formula is C62H112O6. The molecule has 0 bridgehead atoms. The van der Waals surface area contributed by atoms with Gasteiger partial charge in [0.15, 0.2) is 6.10 Å². The second kappa shape index (κ2) is 57.0. The van der Waals surface area contributed by atoms with Gasteiger partial charge in [-0.3, -0.25) is 14.4 Å². The first-order chi connectivity index (χ1) is 33.5. The molecule has 0 rings (SSSR count). The summed E-state index contributed by atoms with van der Waals surface area (Å²) in [5.41, 5.74) is 0. The van der Waals surface area contributed by atoms with Crippen LogP contribution >= 0.6 is 0 Å². The summed E-state index contributed by atoms with van der Waals surface area (Å²) in [6.45, 7) is 6.62. The number of carbonyl (C=O) groups is 3. The van der Waals surface area contributed by atoms with Gasteiger partial charge >= 0.3 is 17.9 Å². The normalized spacial score (nSPS) is 12.3. The molecule has 396 valence electrons. The highest BCUT2D eigenvalue weighted by Gasteiger charge is 2.19. The van der Waals surface area contributed by atoms with Crippen molar-refractivity contribution in [1.82, 2.24) is 0 Å². The van der Waals surface area contributed by atoms with E-state index in [-0.39, 0.29) is 31.1 Å². The summed E-state index contributed by atoms with van der Waals surface area (Å²) < 4.78 is 16.9. The van der Waals surface area contributed by atoms with Crippen molar-refractivity contribution >= 4 is 17.9 Å². The molecule has 0 N–H and O–H groups in total. The monoisotopic (exact) mass is 953 g/mol. The van der Waals surface area contributed by atoms with Crippen LogP contribution in [0.25, 0.3) is 0 Å². The molecule has 68 heavy (non-hydrogen) atoms. The van der Waals surface area contributed by atoms with Gasteiger partial charge in [0, 0.05) is 19.3 Å². The van der Waals surface area contributed by atoms with Crippen molar-refractivity contribution in [2.45, 2.75) is 316 Å². The molecule has 1 unspecified atom stereocenters. The van der Waals surface area contributed by atoms with Gasteiger partial charge in [-0.2, -0.15) is 0 Å². The molecule has 0 aromatic heterocycles. The Morgan fingerprint density at radius 3 is 0.838 bits per heavy atom. The fourth-order valence-corrected chi connectivity index (χ4v) is 8.56. The average Bonchev–Trinajstić information content (AvgIpc) is 3.34. The second-order valence-corrected chi connectivity index (χ2v) is 19.9. The van der Waals surface area contributed by atoms with Gasteiger partial charge in [0.1, 0.15) is 13.2 Å². The minimum atomic E-state index is -0.780. The maximum absolute atomic E-state index is 12.8. The summed E-state index contributed by atoms with van der Waals surface area (Å²) in [6.07, 6.45) is 69.5. The summed E-state index contributed by atoms with van der Waals surface area (Å²) in [5, 5.41) is 0. The SMILES string of the molecule is CCCCC/C=C\C/C=C\CCCCCCCC(=O)OC(COC(=O)CCCCCCCCCCC/C=C\C/C=C\CCCCCCC)COC(=O)CCCCCCCCCCCCCCCC. The standard InChI is InChI=1S/C62H112O6/c1-4-7-10-13-16-19-22-25-28-29-30-31-32-33-35-37-40-43-46-49-52-55-61(64)67-58-59(57-66-60(63)54-51-48-45-42-39-36-27-24-21-18-15-12-9-6-3)68-62(65)56-53-50-47-44-41-38-34-26-23-20-17-14-11-8-5-2/h17,20,22,25-26,29-30,34,59H,4-16,18-19,21,23-24,27-28,31-33,35-58H2,1-3H3/b20-17-,25-22-,30-29-,34-26-. The fraction of sp³-hybridized carbons (Fsp3) is 0.823. The first kappa shape index (κ1) is 65.4. The lowest BCUT2D eigenvalue weighted by molar-refractivity contribution is -0.167. The third-order valence-electron chi connectivity index (χ3n) is 13.1. The molecule has 0 aliphatic carbocycles. The lowest BCUT2D eigenvalue weighted by Gasteiger charge is -2.18. The quantitative estimate of drug-likeness (QED) is 0.0262.